The van der Waals surface area contributed by atoms with Crippen LogP contribution in [0.1, 0.15) is 5.56 Å². The second kappa shape index (κ2) is 5.73. The molecule has 2 aromatic carbocycles. The fourth-order valence-electron chi connectivity index (χ4n) is 2.26. The third-order valence-electron chi connectivity index (χ3n) is 3.44. The van der Waals surface area contributed by atoms with Gasteiger partial charge in [-0.25, -0.2) is 8.42 Å². The molecule has 0 fully saturated rings. The van der Waals surface area contributed by atoms with Crippen LogP contribution in [0.25, 0.3) is 11.3 Å². The molecule has 110 valence electrons. The van der Waals surface area contributed by atoms with Crippen molar-refractivity contribution in [3.05, 3.63) is 78.5 Å². The zero-order valence-corrected chi connectivity index (χ0v) is 12.9. The summed E-state index contributed by atoms with van der Waals surface area (Å²) in [5.41, 5.74) is 2.28. The molecule has 0 radical (unpaired) electrons. The SMILES string of the molecule is Cc1ccc(S(=O)(=O)c2cccnc2-c2ccccc2)cc1. The molecule has 1 heterocycles. The van der Waals surface area contributed by atoms with Gasteiger partial charge in [0.2, 0.25) is 9.84 Å². The van der Waals surface area contributed by atoms with Crippen molar-refractivity contribution < 1.29 is 8.42 Å². The molecular formula is C18H15NO2S. The van der Waals surface area contributed by atoms with E-state index < -0.39 is 9.84 Å². The second-order valence-electron chi connectivity index (χ2n) is 5.03. The van der Waals surface area contributed by atoms with Gasteiger partial charge in [0.1, 0.15) is 0 Å². The Kier molecular flexibility index (Phi) is 3.77. The average molecular weight is 309 g/mol. The molecule has 3 nitrogen and oxygen atoms in total. The van der Waals surface area contributed by atoms with Gasteiger partial charge >= 0.3 is 0 Å². The van der Waals surface area contributed by atoms with Crippen LogP contribution in [-0.4, -0.2) is 13.4 Å². The van der Waals surface area contributed by atoms with Crippen LogP contribution in [0, 0.1) is 6.92 Å². The summed E-state index contributed by atoms with van der Waals surface area (Å²) in [6.07, 6.45) is 1.61. The zero-order chi connectivity index (χ0) is 15.6. The van der Waals surface area contributed by atoms with Gasteiger partial charge in [-0.3, -0.25) is 4.98 Å². The molecule has 0 bridgehead atoms. The molecule has 4 heteroatoms. The number of pyridine rings is 1. The van der Waals surface area contributed by atoms with Crippen molar-refractivity contribution in [1.29, 1.82) is 0 Å². The van der Waals surface area contributed by atoms with Crippen molar-refractivity contribution in [2.75, 3.05) is 0 Å². The molecule has 0 aliphatic heterocycles. The number of rotatable bonds is 3. The monoisotopic (exact) mass is 309 g/mol. The zero-order valence-electron chi connectivity index (χ0n) is 12.1. The highest BCUT2D eigenvalue weighted by Gasteiger charge is 2.22. The summed E-state index contributed by atoms with van der Waals surface area (Å²) in [5.74, 6) is 0. The number of sulfone groups is 1. The summed E-state index contributed by atoms with van der Waals surface area (Å²) < 4.78 is 25.8. The highest BCUT2D eigenvalue weighted by atomic mass is 32.2. The Morgan fingerprint density at radius 2 is 1.50 bits per heavy atom. The van der Waals surface area contributed by atoms with E-state index in [1.807, 2.05) is 37.3 Å². The first-order valence-electron chi connectivity index (χ1n) is 6.91. The van der Waals surface area contributed by atoms with E-state index in [4.69, 9.17) is 0 Å². The Bertz CT molecular complexity index is 886. The van der Waals surface area contributed by atoms with Gasteiger partial charge in [-0.2, -0.15) is 0 Å². The van der Waals surface area contributed by atoms with Gasteiger partial charge in [0, 0.05) is 11.8 Å². The van der Waals surface area contributed by atoms with Gasteiger partial charge < -0.3 is 0 Å². The van der Waals surface area contributed by atoms with Crippen molar-refractivity contribution in [1.82, 2.24) is 4.98 Å². The fourth-order valence-corrected chi connectivity index (χ4v) is 3.70. The van der Waals surface area contributed by atoms with E-state index in [0.717, 1.165) is 11.1 Å². The molecule has 0 spiro atoms. The molecule has 0 amide bonds. The van der Waals surface area contributed by atoms with Crippen LogP contribution in [0.15, 0.2) is 82.7 Å². The van der Waals surface area contributed by atoms with E-state index in [9.17, 15) is 8.42 Å². The highest BCUT2D eigenvalue weighted by Crippen LogP contribution is 2.29. The van der Waals surface area contributed by atoms with E-state index >= 15 is 0 Å². The van der Waals surface area contributed by atoms with Gasteiger partial charge in [-0.15, -0.1) is 0 Å². The summed E-state index contributed by atoms with van der Waals surface area (Å²) in [6, 6.07) is 19.4. The molecule has 0 aliphatic carbocycles. The van der Waals surface area contributed by atoms with Gasteiger partial charge in [0.25, 0.3) is 0 Å². The number of aromatic nitrogens is 1. The minimum absolute atomic E-state index is 0.227. The Balaban J connectivity index is 2.18. The minimum atomic E-state index is -3.60. The van der Waals surface area contributed by atoms with Crippen LogP contribution < -0.4 is 0 Å². The van der Waals surface area contributed by atoms with E-state index in [-0.39, 0.29) is 9.79 Å². The number of hydrogen-bond acceptors (Lipinski definition) is 3. The number of nitrogens with zero attached hydrogens (tertiary/aromatic N) is 1. The van der Waals surface area contributed by atoms with E-state index in [1.165, 1.54) is 0 Å². The van der Waals surface area contributed by atoms with Crippen LogP contribution in [0.2, 0.25) is 0 Å². The first-order valence-corrected chi connectivity index (χ1v) is 8.39. The van der Waals surface area contributed by atoms with Crippen molar-refractivity contribution >= 4 is 9.84 Å². The lowest BCUT2D eigenvalue weighted by Crippen LogP contribution is -2.05. The summed E-state index contributed by atoms with van der Waals surface area (Å²) in [4.78, 5) is 4.79. The quantitative estimate of drug-likeness (QED) is 0.737. The standard InChI is InChI=1S/C18H15NO2S/c1-14-9-11-16(12-10-14)22(20,21)17-8-5-13-19-18(17)15-6-3-2-4-7-15/h2-13H,1H3. The third kappa shape index (κ3) is 2.65. The Hall–Kier alpha value is -2.46. The highest BCUT2D eigenvalue weighted by molar-refractivity contribution is 7.91. The van der Waals surface area contributed by atoms with Crippen molar-refractivity contribution in [3.63, 3.8) is 0 Å². The minimum Gasteiger partial charge on any atom is -0.255 e. The van der Waals surface area contributed by atoms with Gasteiger partial charge in [-0.05, 0) is 31.2 Å². The molecule has 0 aliphatic rings. The van der Waals surface area contributed by atoms with Crippen LogP contribution in [0.3, 0.4) is 0 Å². The number of benzene rings is 2. The molecule has 0 atom stereocenters. The molecule has 0 N–H and O–H groups in total. The van der Waals surface area contributed by atoms with Crippen molar-refractivity contribution in [3.8, 4) is 11.3 Å². The van der Waals surface area contributed by atoms with Gasteiger partial charge in [0.05, 0.1) is 15.5 Å². The summed E-state index contributed by atoms with van der Waals surface area (Å²) in [6.45, 7) is 1.93. The van der Waals surface area contributed by atoms with Crippen molar-refractivity contribution in [2.24, 2.45) is 0 Å². The molecular weight excluding hydrogens is 294 g/mol. The first-order chi connectivity index (χ1) is 10.6. The predicted molar refractivity (Wildman–Crippen MR) is 86.3 cm³/mol. The number of hydrogen-bond donors (Lipinski definition) is 0. The largest absolute Gasteiger partial charge is 0.255 e. The number of aryl methyl sites for hydroxylation is 1. The van der Waals surface area contributed by atoms with E-state index in [0.29, 0.717) is 5.69 Å². The summed E-state index contributed by atoms with van der Waals surface area (Å²) in [7, 11) is -3.60. The van der Waals surface area contributed by atoms with Crippen LogP contribution in [-0.2, 0) is 9.84 Å². The lowest BCUT2D eigenvalue weighted by atomic mass is 10.1. The Morgan fingerprint density at radius 1 is 0.818 bits per heavy atom. The fraction of sp³-hybridized carbons (Fsp3) is 0.0556. The normalized spacial score (nSPS) is 11.3. The average Bonchev–Trinajstić information content (AvgIpc) is 2.56. The molecule has 0 saturated carbocycles. The Morgan fingerprint density at radius 3 is 2.18 bits per heavy atom. The molecule has 3 rings (SSSR count). The topological polar surface area (TPSA) is 47.0 Å². The lowest BCUT2D eigenvalue weighted by Gasteiger charge is -2.10. The van der Waals surface area contributed by atoms with Crippen molar-refractivity contribution in [2.45, 2.75) is 16.7 Å². The van der Waals surface area contributed by atoms with E-state index in [2.05, 4.69) is 4.98 Å². The maximum atomic E-state index is 12.9. The van der Waals surface area contributed by atoms with Gasteiger partial charge in [0.15, 0.2) is 0 Å². The molecule has 0 saturated heterocycles. The summed E-state index contributed by atoms with van der Waals surface area (Å²) >= 11 is 0. The molecule has 1 aromatic heterocycles. The van der Waals surface area contributed by atoms with Crippen LogP contribution in [0.5, 0.6) is 0 Å². The smallest absolute Gasteiger partial charge is 0.208 e. The maximum Gasteiger partial charge on any atom is 0.208 e. The summed E-state index contributed by atoms with van der Waals surface area (Å²) in [5, 5.41) is 0. The van der Waals surface area contributed by atoms with Crippen LogP contribution >= 0.6 is 0 Å². The van der Waals surface area contributed by atoms with Gasteiger partial charge in [-0.1, -0.05) is 48.0 Å². The molecule has 0 unspecified atom stereocenters. The van der Waals surface area contributed by atoms with Crippen LogP contribution in [0.4, 0.5) is 0 Å². The second-order valence-corrected chi connectivity index (χ2v) is 6.95. The maximum absolute atomic E-state index is 12.9. The lowest BCUT2D eigenvalue weighted by molar-refractivity contribution is 0.596. The third-order valence-corrected chi connectivity index (χ3v) is 5.24. The molecule has 22 heavy (non-hydrogen) atoms. The van der Waals surface area contributed by atoms with E-state index in [1.54, 1.807) is 42.6 Å². The first kappa shape index (κ1) is 14.5. The predicted octanol–water partition coefficient (Wildman–Crippen LogP) is 3.89. The Labute approximate surface area is 130 Å². The molecule has 3 aromatic rings.